The van der Waals surface area contributed by atoms with Gasteiger partial charge in [-0.15, -0.1) is 0 Å². The first-order valence-electron chi connectivity index (χ1n) is 15.2. The molecule has 0 unspecified atom stereocenters. The van der Waals surface area contributed by atoms with Crippen LogP contribution in [-0.2, 0) is 24.0 Å². The van der Waals surface area contributed by atoms with Gasteiger partial charge in [-0.2, -0.15) is 0 Å². The van der Waals surface area contributed by atoms with Crippen LogP contribution < -0.4 is 10.6 Å². The van der Waals surface area contributed by atoms with Crippen molar-refractivity contribution in [3.8, 4) is 0 Å². The highest BCUT2D eigenvalue weighted by atomic mass is 16.6. The zero-order valence-corrected chi connectivity index (χ0v) is 25.1. The third-order valence-electron chi connectivity index (χ3n) is 11.1. The van der Waals surface area contributed by atoms with Gasteiger partial charge in [-0.1, -0.05) is 37.9 Å². The van der Waals surface area contributed by atoms with Gasteiger partial charge in [0, 0.05) is 5.41 Å². The molecule has 41 heavy (non-hydrogen) atoms. The van der Waals surface area contributed by atoms with Crippen molar-refractivity contribution < 1.29 is 34.2 Å². The number of carbonyl (C=O) groups is 4. The Hall–Kier alpha value is -2.75. The number of hydrogen-bond donors (Lipinski definition) is 4. The number of aliphatic carboxylic acids is 1. The Morgan fingerprint density at radius 2 is 1.78 bits per heavy atom. The molecule has 3 saturated carbocycles. The molecule has 0 saturated heterocycles. The van der Waals surface area contributed by atoms with Gasteiger partial charge in [0.25, 0.3) is 5.91 Å². The van der Waals surface area contributed by atoms with Gasteiger partial charge in [-0.25, -0.2) is 4.79 Å². The number of rotatable bonds is 10. The molecule has 10 heteroatoms. The number of fused-ring (bicyclic) bond motifs is 5. The van der Waals surface area contributed by atoms with Crippen LogP contribution in [0.2, 0.25) is 0 Å². The van der Waals surface area contributed by atoms with E-state index in [9.17, 15) is 29.4 Å². The van der Waals surface area contributed by atoms with Crippen LogP contribution in [0, 0.1) is 28.6 Å². The molecule has 0 bridgehead atoms. The Kier molecular flexibility index (Phi) is 9.02. The van der Waals surface area contributed by atoms with Gasteiger partial charge in [0.2, 0.25) is 5.91 Å². The standard InChI is InChI=1S/C31H47N3O7/c1-6-7-25(28(38)39)33-27(37)18(2)32-26(36)17-41-34-21-10-13-29(4)20(16-21)8-9-22-23(29)11-14-30(5)24(22)12-15-31(30,40)19(3)35/h16,18,22-25,40H,6-15,17H2,1-5H3,(H,32,36)(H,33,37)(H,38,39)/t18-,22+,23-,24-,25+,29-,30-,31-/m0/s1. The van der Waals surface area contributed by atoms with Gasteiger partial charge in [0.05, 0.1) is 5.71 Å². The third kappa shape index (κ3) is 5.68. The van der Waals surface area contributed by atoms with Crippen molar-refractivity contribution in [2.24, 2.45) is 33.7 Å². The Labute approximate surface area is 242 Å². The number of Topliss-reactive ketones (excluding diaryl/α,β-unsaturated/α-hetero) is 1. The lowest BCUT2D eigenvalue weighted by molar-refractivity contribution is -0.159. The molecule has 4 rings (SSSR count). The molecule has 4 aliphatic carbocycles. The van der Waals surface area contributed by atoms with Crippen LogP contribution in [0.15, 0.2) is 16.8 Å². The predicted octanol–water partition coefficient (Wildman–Crippen LogP) is 3.52. The lowest BCUT2D eigenvalue weighted by Crippen LogP contribution is -2.57. The summed E-state index contributed by atoms with van der Waals surface area (Å²) >= 11 is 0. The molecule has 0 radical (unpaired) electrons. The van der Waals surface area contributed by atoms with E-state index >= 15 is 0 Å². The van der Waals surface area contributed by atoms with Crippen molar-refractivity contribution in [1.82, 2.24) is 10.6 Å². The molecule has 0 aromatic rings. The minimum atomic E-state index is -1.20. The molecular weight excluding hydrogens is 526 g/mol. The van der Waals surface area contributed by atoms with Crippen LogP contribution in [0.3, 0.4) is 0 Å². The highest BCUT2D eigenvalue weighted by molar-refractivity contribution is 5.96. The summed E-state index contributed by atoms with van der Waals surface area (Å²) in [4.78, 5) is 53.7. The zero-order valence-electron chi connectivity index (χ0n) is 25.1. The first-order valence-corrected chi connectivity index (χ1v) is 15.2. The predicted molar refractivity (Wildman–Crippen MR) is 153 cm³/mol. The maximum Gasteiger partial charge on any atom is 0.326 e. The van der Waals surface area contributed by atoms with Crippen molar-refractivity contribution in [3.05, 3.63) is 11.6 Å². The highest BCUT2D eigenvalue weighted by Crippen LogP contribution is 2.67. The minimum Gasteiger partial charge on any atom is -0.480 e. The van der Waals surface area contributed by atoms with E-state index in [1.54, 1.807) is 6.92 Å². The number of carbonyl (C=O) groups excluding carboxylic acids is 3. The van der Waals surface area contributed by atoms with Crippen molar-refractivity contribution in [3.63, 3.8) is 0 Å². The molecule has 0 heterocycles. The van der Waals surface area contributed by atoms with Crippen LogP contribution >= 0.6 is 0 Å². The second kappa shape index (κ2) is 11.9. The highest BCUT2D eigenvalue weighted by Gasteiger charge is 2.65. The van der Waals surface area contributed by atoms with Gasteiger partial charge >= 0.3 is 5.97 Å². The van der Waals surface area contributed by atoms with E-state index in [2.05, 4.69) is 35.7 Å². The number of carboxylic acid groups (broad SMARTS) is 1. The Morgan fingerprint density at radius 3 is 2.44 bits per heavy atom. The summed E-state index contributed by atoms with van der Waals surface area (Å²) in [6.07, 6.45) is 10.0. The summed E-state index contributed by atoms with van der Waals surface area (Å²) in [5.74, 6) is -0.915. The van der Waals surface area contributed by atoms with E-state index in [1.807, 2.05) is 6.92 Å². The maximum absolute atomic E-state index is 12.5. The fraction of sp³-hybridized carbons (Fsp3) is 0.774. The summed E-state index contributed by atoms with van der Waals surface area (Å²) in [6.45, 7) is 9.02. The molecule has 228 valence electrons. The van der Waals surface area contributed by atoms with Gasteiger partial charge in [-0.3, -0.25) is 14.4 Å². The monoisotopic (exact) mass is 573 g/mol. The minimum absolute atomic E-state index is 0.0476. The summed E-state index contributed by atoms with van der Waals surface area (Å²) in [7, 11) is 0. The van der Waals surface area contributed by atoms with Crippen molar-refractivity contribution in [2.75, 3.05) is 6.61 Å². The molecule has 0 spiro atoms. The third-order valence-corrected chi connectivity index (χ3v) is 11.1. The van der Waals surface area contributed by atoms with E-state index in [-0.39, 0.29) is 23.2 Å². The zero-order chi connectivity index (χ0) is 30.2. The molecule has 10 nitrogen and oxygen atoms in total. The fourth-order valence-electron chi connectivity index (χ4n) is 8.60. The molecule has 0 aromatic carbocycles. The van der Waals surface area contributed by atoms with Crippen LogP contribution in [0.1, 0.15) is 98.8 Å². The molecule has 8 atom stereocenters. The number of ketones is 1. The maximum atomic E-state index is 12.5. The fourth-order valence-corrected chi connectivity index (χ4v) is 8.60. The normalized spacial score (nSPS) is 36.6. The van der Waals surface area contributed by atoms with Crippen LogP contribution in [0.25, 0.3) is 0 Å². The molecule has 4 aliphatic rings. The largest absolute Gasteiger partial charge is 0.480 e. The van der Waals surface area contributed by atoms with Gasteiger partial charge in [0.1, 0.15) is 17.7 Å². The molecule has 3 fully saturated rings. The second-order valence-electron chi connectivity index (χ2n) is 13.2. The number of aliphatic hydroxyl groups is 1. The van der Waals surface area contributed by atoms with E-state index in [4.69, 9.17) is 4.84 Å². The van der Waals surface area contributed by atoms with E-state index in [0.29, 0.717) is 37.0 Å². The quantitative estimate of drug-likeness (QED) is 0.292. The van der Waals surface area contributed by atoms with Crippen LogP contribution in [-0.4, -0.2) is 63.8 Å². The van der Waals surface area contributed by atoms with E-state index in [1.165, 1.54) is 12.5 Å². The van der Waals surface area contributed by atoms with E-state index < -0.39 is 35.5 Å². The molecule has 2 amide bonds. The van der Waals surface area contributed by atoms with Gasteiger partial charge in [0.15, 0.2) is 12.4 Å². The summed E-state index contributed by atoms with van der Waals surface area (Å²) in [5.41, 5.74) is 0.661. The van der Waals surface area contributed by atoms with Crippen molar-refractivity contribution in [2.45, 2.75) is 117 Å². The lowest BCUT2D eigenvalue weighted by atomic mass is 9.46. The number of hydrogen-bond acceptors (Lipinski definition) is 7. The Balaban J connectivity index is 1.33. The molecule has 4 N–H and O–H groups in total. The summed E-state index contributed by atoms with van der Waals surface area (Å²) in [5, 5.41) is 29.8. The van der Waals surface area contributed by atoms with Gasteiger partial charge < -0.3 is 25.7 Å². The second-order valence-corrected chi connectivity index (χ2v) is 13.2. The van der Waals surface area contributed by atoms with Crippen molar-refractivity contribution in [1.29, 1.82) is 0 Å². The van der Waals surface area contributed by atoms with Crippen LogP contribution in [0.5, 0.6) is 0 Å². The number of amides is 2. The van der Waals surface area contributed by atoms with Crippen LogP contribution in [0.4, 0.5) is 0 Å². The average molecular weight is 574 g/mol. The molecule has 0 aliphatic heterocycles. The average Bonchev–Trinajstić information content (AvgIpc) is 3.20. The number of carboxylic acids is 1. The Bertz CT molecular complexity index is 1130. The molecule has 0 aromatic heterocycles. The SMILES string of the molecule is CCC[C@@H](NC(=O)[C@H](C)NC(=O)CON=C1C=C2CC[C@@H]3[C@H](CC[C@@]4(C)[C@H]3CC[C@]4(O)C(C)=O)[C@@]2(C)CC1)C(=O)O. The van der Waals surface area contributed by atoms with Gasteiger partial charge in [-0.05, 0) is 101 Å². The summed E-state index contributed by atoms with van der Waals surface area (Å²) < 4.78 is 0. The summed E-state index contributed by atoms with van der Waals surface area (Å²) in [6, 6.07) is -1.90. The van der Waals surface area contributed by atoms with Crippen molar-refractivity contribution >= 4 is 29.3 Å². The molecular formula is C31H47N3O7. The Morgan fingerprint density at radius 1 is 1.07 bits per heavy atom. The first-order chi connectivity index (χ1) is 19.3. The lowest BCUT2D eigenvalue weighted by Gasteiger charge is -2.59. The number of nitrogens with zero attached hydrogens (tertiary/aromatic N) is 1. The first kappa shape index (κ1) is 31.2. The number of nitrogens with one attached hydrogen (secondary N) is 2. The number of allylic oxidation sites excluding steroid dienone is 2. The smallest absolute Gasteiger partial charge is 0.326 e. The number of oxime groups is 1. The topological polar surface area (TPSA) is 154 Å². The van der Waals surface area contributed by atoms with E-state index in [0.717, 1.165) is 50.7 Å².